The van der Waals surface area contributed by atoms with Gasteiger partial charge in [0, 0.05) is 17.4 Å². The van der Waals surface area contributed by atoms with Gasteiger partial charge in [0.05, 0.1) is 19.8 Å². The van der Waals surface area contributed by atoms with Gasteiger partial charge in [-0.05, 0) is 51.3 Å². The van der Waals surface area contributed by atoms with Crippen molar-refractivity contribution in [1.29, 1.82) is 0 Å². The number of nitrogens with one attached hydrogen (secondary N) is 2. The highest BCUT2D eigenvalue weighted by atomic mass is 16.5. The van der Waals surface area contributed by atoms with E-state index in [1.54, 1.807) is 0 Å². The first kappa shape index (κ1) is 19.3. The number of fused-ring (bicyclic) bond motifs is 3. The van der Waals surface area contributed by atoms with Gasteiger partial charge in [-0.1, -0.05) is 0 Å². The maximum atomic E-state index is 12.3. The van der Waals surface area contributed by atoms with E-state index in [4.69, 9.17) is 13.9 Å². The minimum Gasteiger partial charge on any atom is -0.484 e. The minimum absolute atomic E-state index is 0.0196. The molecule has 0 bridgehead atoms. The monoisotopic (exact) mass is 387 g/mol. The second-order valence-electron chi connectivity index (χ2n) is 8.53. The molecule has 6 nitrogen and oxygen atoms in total. The minimum atomic E-state index is -0.0879. The highest BCUT2D eigenvalue weighted by Gasteiger charge is 2.32. The number of carbonyl (C=O) groups is 1. The first-order chi connectivity index (χ1) is 13.5. The second kappa shape index (κ2) is 8.13. The van der Waals surface area contributed by atoms with Crippen molar-refractivity contribution < 1.29 is 23.6 Å². The molecule has 0 spiro atoms. The van der Waals surface area contributed by atoms with Crippen LogP contribution in [-0.2, 0) is 22.4 Å². The Labute approximate surface area is 166 Å². The molecule has 1 fully saturated rings. The number of carbonyl (C=O) groups excluding carboxylic acids is 1. The molecule has 0 unspecified atom stereocenters. The van der Waals surface area contributed by atoms with Crippen LogP contribution in [0.1, 0.15) is 38.0 Å². The first-order valence-corrected chi connectivity index (χ1v) is 10.4. The lowest BCUT2D eigenvalue weighted by molar-refractivity contribution is -0.954. The fraction of sp³-hybridized carbons (Fsp3) is 0.591. The molecule has 0 saturated carbocycles. The van der Waals surface area contributed by atoms with Crippen molar-refractivity contribution in [1.82, 2.24) is 5.32 Å². The molecule has 6 heteroatoms. The van der Waals surface area contributed by atoms with E-state index < -0.39 is 0 Å². The van der Waals surface area contributed by atoms with Crippen molar-refractivity contribution in [2.75, 3.05) is 39.5 Å². The van der Waals surface area contributed by atoms with Crippen LogP contribution in [0.25, 0.3) is 11.0 Å². The summed E-state index contributed by atoms with van der Waals surface area (Å²) < 4.78 is 17.2. The molecule has 4 rings (SSSR count). The molecule has 0 atom stereocenters. The van der Waals surface area contributed by atoms with Crippen LogP contribution in [0.5, 0.6) is 5.75 Å². The molecule has 1 aromatic heterocycles. The lowest BCUT2D eigenvalue weighted by Crippen LogP contribution is -3.22. The average molecular weight is 388 g/mol. The summed E-state index contributed by atoms with van der Waals surface area (Å²) in [5.41, 5.74) is 2.21. The number of ether oxygens (including phenoxy) is 2. The zero-order valence-electron chi connectivity index (χ0n) is 16.9. The van der Waals surface area contributed by atoms with Gasteiger partial charge in [0.25, 0.3) is 5.91 Å². The Bertz CT molecular complexity index is 836. The van der Waals surface area contributed by atoms with Crippen LogP contribution in [0.4, 0.5) is 0 Å². The van der Waals surface area contributed by atoms with Gasteiger partial charge >= 0.3 is 0 Å². The van der Waals surface area contributed by atoms with Crippen LogP contribution >= 0.6 is 0 Å². The van der Waals surface area contributed by atoms with Gasteiger partial charge in [0.2, 0.25) is 0 Å². The number of hydrogen-bond acceptors (Lipinski definition) is 4. The van der Waals surface area contributed by atoms with Crippen molar-refractivity contribution in [3.8, 4) is 5.75 Å². The van der Waals surface area contributed by atoms with Crippen LogP contribution in [0.3, 0.4) is 0 Å². The Hall–Kier alpha value is -2.05. The van der Waals surface area contributed by atoms with Crippen LogP contribution in [0.2, 0.25) is 0 Å². The van der Waals surface area contributed by atoms with Crippen molar-refractivity contribution >= 4 is 16.9 Å². The highest BCUT2D eigenvalue weighted by molar-refractivity contribution is 5.84. The Morgan fingerprint density at radius 2 is 2.00 bits per heavy atom. The number of hydrogen-bond donors (Lipinski definition) is 2. The Morgan fingerprint density at radius 3 is 2.82 bits per heavy atom. The molecule has 1 aromatic carbocycles. The van der Waals surface area contributed by atoms with E-state index in [0.29, 0.717) is 6.54 Å². The van der Waals surface area contributed by atoms with E-state index in [1.807, 2.05) is 18.2 Å². The summed E-state index contributed by atoms with van der Waals surface area (Å²) in [5.74, 6) is 1.74. The summed E-state index contributed by atoms with van der Waals surface area (Å²) in [4.78, 5) is 13.8. The molecule has 1 aliphatic heterocycles. The Kier molecular flexibility index (Phi) is 5.60. The molecule has 1 saturated heterocycles. The van der Waals surface area contributed by atoms with Crippen molar-refractivity contribution in [2.24, 2.45) is 0 Å². The number of quaternary nitrogens is 1. The molecule has 1 amide bonds. The van der Waals surface area contributed by atoms with Crippen molar-refractivity contribution in [3.05, 3.63) is 29.5 Å². The number of aryl methyl sites for hydroxylation is 2. The lowest BCUT2D eigenvalue weighted by Gasteiger charge is -2.37. The van der Waals surface area contributed by atoms with Crippen LogP contribution in [0, 0.1) is 0 Å². The smallest absolute Gasteiger partial charge is 0.258 e. The fourth-order valence-corrected chi connectivity index (χ4v) is 4.27. The lowest BCUT2D eigenvalue weighted by atomic mass is 9.96. The Morgan fingerprint density at radius 1 is 1.21 bits per heavy atom. The summed E-state index contributed by atoms with van der Waals surface area (Å²) in [7, 11) is 0. The normalized spacial score (nSPS) is 18.1. The summed E-state index contributed by atoms with van der Waals surface area (Å²) in [6.45, 7) is 8.56. The van der Waals surface area contributed by atoms with Crippen LogP contribution < -0.4 is 15.0 Å². The molecule has 152 valence electrons. The molecule has 1 aliphatic carbocycles. The third-order valence-corrected chi connectivity index (χ3v) is 6.08. The van der Waals surface area contributed by atoms with Gasteiger partial charge in [-0.3, -0.25) is 4.79 Å². The molecule has 0 radical (unpaired) electrons. The van der Waals surface area contributed by atoms with E-state index in [-0.39, 0.29) is 18.1 Å². The number of morpholine rings is 1. The predicted octanol–water partition coefficient (Wildman–Crippen LogP) is 1.50. The largest absolute Gasteiger partial charge is 0.484 e. The van der Waals surface area contributed by atoms with Crippen LogP contribution in [0.15, 0.2) is 22.6 Å². The van der Waals surface area contributed by atoms with Crippen molar-refractivity contribution in [3.63, 3.8) is 0 Å². The Balaban J connectivity index is 1.32. The third-order valence-electron chi connectivity index (χ3n) is 6.08. The SMILES string of the molecule is CC(C)(CNC(=O)COc1ccc2oc3c(c2c1)CCCC3)[NH+]1CCOCC1. The van der Waals surface area contributed by atoms with E-state index in [1.165, 1.54) is 23.3 Å². The van der Waals surface area contributed by atoms with E-state index >= 15 is 0 Å². The van der Waals surface area contributed by atoms with Crippen molar-refractivity contribution in [2.45, 2.75) is 45.1 Å². The predicted molar refractivity (Wildman–Crippen MR) is 107 cm³/mol. The number of benzene rings is 1. The zero-order valence-corrected chi connectivity index (χ0v) is 16.9. The van der Waals surface area contributed by atoms with Gasteiger partial charge in [0.1, 0.15) is 35.7 Å². The maximum Gasteiger partial charge on any atom is 0.258 e. The number of amides is 1. The highest BCUT2D eigenvalue weighted by Crippen LogP contribution is 2.33. The summed E-state index contributed by atoms with van der Waals surface area (Å²) in [5, 5.41) is 4.16. The molecule has 2 aromatic rings. The van der Waals surface area contributed by atoms with Gasteiger partial charge in [0.15, 0.2) is 6.61 Å². The maximum absolute atomic E-state index is 12.3. The van der Waals surface area contributed by atoms with E-state index in [9.17, 15) is 4.79 Å². The second-order valence-corrected chi connectivity index (χ2v) is 8.53. The first-order valence-electron chi connectivity index (χ1n) is 10.4. The molecular formula is C22H31N2O4+. The van der Waals surface area contributed by atoms with Gasteiger partial charge in [-0.2, -0.15) is 0 Å². The molecule has 2 heterocycles. The summed E-state index contributed by atoms with van der Waals surface area (Å²) in [6, 6.07) is 5.84. The van der Waals surface area contributed by atoms with E-state index in [0.717, 1.165) is 61.6 Å². The molecule has 28 heavy (non-hydrogen) atoms. The summed E-state index contributed by atoms with van der Waals surface area (Å²) >= 11 is 0. The quantitative estimate of drug-likeness (QED) is 0.789. The number of furan rings is 1. The van der Waals surface area contributed by atoms with Gasteiger partial charge in [-0.25, -0.2) is 0 Å². The standard InChI is InChI=1S/C22H30N2O4/c1-22(2,24-9-11-26-12-10-24)15-23-21(25)14-27-16-7-8-20-18(13-16)17-5-3-4-6-19(17)28-20/h7-8,13H,3-6,9-12,14-15H2,1-2H3,(H,23,25)/p+1. The molecule has 2 N–H and O–H groups in total. The van der Waals surface area contributed by atoms with Gasteiger partial charge in [-0.15, -0.1) is 0 Å². The fourth-order valence-electron chi connectivity index (χ4n) is 4.27. The molecule has 2 aliphatic rings. The average Bonchev–Trinajstić information content (AvgIpc) is 3.09. The number of rotatable bonds is 6. The molecular weight excluding hydrogens is 356 g/mol. The summed E-state index contributed by atoms with van der Waals surface area (Å²) in [6.07, 6.45) is 4.48. The van der Waals surface area contributed by atoms with E-state index in [2.05, 4.69) is 19.2 Å². The van der Waals surface area contributed by atoms with Gasteiger partial charge < -0.3 is 24.1 Å². The van der Waals surface area contributed by atoms with Crippen LogP contribution in [-0.4, -0.2) is 50.9 Å². The topological polar surface area (TPSA) is 65.1 Å². The third kappa shape index (κ3) is 4.18. The zero-order chi connectivity index (χ0) is 19.6.